The number of amides is 1. The Labute approximate surface area is 149 Å². The third-order valence-corrected chi connectivity index (χ3v) is 6.12. The Hall–Kier alpha value is -1.53. The van der Waals surface area contributed by atoms with Gasteiger partial charge in [0, 0.05) is 6.54 Å². The topological polar surface area (TPSA) is 48.0 Å². The van der Waals surface area contributed by atoms with Gasteiger partial charge in [-0.2, -0.15) is 0 Å². The van der Waals surface area contributed by atoms with Crippen LogP contribution in [-0.4, -0.2) is 37.4 Å². The van der Waals surface area contributed by atoms with E-state index >= 15 is 0 Å². The van der Waals surface area contributed by atoms with Crippen molar-refractivity contribution in [3.63, 3.8) is 0 Å². The first kappa shape index (κ1) is 16.9. The predicted octanol–water partition coefficient (Wildman–Crippen LogP) is 2.51. The van der Waals surface area contributed by atoms with Crippen LogP contribution in [0.15, 0.2) is 18.2 Å². The highest BCUT2D eigenvalue weighted by Crippen LogP contribution is 2.38. The summed E-state index contributed by atoms with van der Waals surface area (Å²) in [6.45, 7) is 9.07. The maximum atomic E-state index is 12.4. The van der Waals surface area contributed by atoms with E-state index < -0.39 is 7.12 Å². The molecule has 1 amide bonds. The van der Waals surface area contributed by atoms with E-state index in [1.165, 1.54) is 19.3 Å². The van der Waals surface area contributed by atoms with Gasteiger partial charge in [-0.05, 0) is 64.1 Å². The van der Waals surface area contributed by atoms with Gasteiger partial charge in [0.2, 0.25) is 0 Å². The lowest BCUT2D eigenvalue weighted by atomic mass is 9.78. The van der Waals surface area contributed by atoms with Gasteiger partial charge in [0.1, 0.15) is 5.75 Å². The molecule has 2 aliphatic heterocycles. The van der Waals surface area contributed by atoms with Crippen LogP contribution in [0.3, 0.4) is 0 Å². The highest BCUT2D eigenvalue weighted by atomic mass is 16.7. The summed E-state index contributed by atoms with van der Waals surface area (Å²) in [4.78, 5) is 14.3. The smallest absolute Gasteiger partial charge is 0.482 e. The predicted molar refractivity (Wildman–Crippen MR) is 97.3 cm³/mol. The van der Waals surface area contributed by atoms with Gasteiger partial charge in [-0.25, -0.2) is 0 Å². The van der Waals surface area contributed by atoms with Gasteiger partial charge in [0.25, 0.3) is 5.91 Å². The monoisotopic (exact) mass is 343 g/mol. The fourth-order valence-electron chi connectivity index (χ4n) is 3.48. The first-order chi connectivity index (χ1) is 11.8. The molecule has 1 aliphatic carbocycles. The quantitative estimate of drug-likeness (QED) is 0.792. The fraction of sp³-hybridized carbons (Fsp3) is 0.632. The highest BCUT2D eigenvalue weighted by molar-refractivity contribution is 6.62. The molecule has 0 spiro atoms. The summed E-state index contributed by atoms with van der Waals surface area (Å²) >= 11 is 0. The van der Waals surface area contributed by atoms with Crippen molar-refractivity contribution in [2.75, 3.05) is 18.1 Å². The normalized spacial score (nSPS) is 24.7. The zero-order valence-electron chi connectivity index (χ0n) is 15.5. The molecule has 0 aromatic heterocycles. The van der Waals surface area contributed by atoms with E-state index in [4.69, 9.17) is 14.0 Å². The number of rotatable bonds is 3. The SMILES string of the molecule is CC1(C)OB(c2ccc3c(c2)N(CC2CCC2)C(=O)CO3)OC1(C)C. The van der Waals surface area contributed by atoms with Crippen molar-refractivity contribution in [3.8, 4) is 5.75 Å². The summed E-state index contributed by atoms with van der Waals surface area (Å²) < 4.78 is 17.9. The third kappa shape index (κ3) is 2.85. The average molecular weight is 343 g/mol. The second kappa shape index (κ2) is 5.75. The van der Waals surface area contributed by atoms with E-state index in [2.05, 4.69) is 0 Å². The van der Waals surface area contributed by atoms with E-state index in [-0.39, 0.29) is 23.7 Å². The van der Waals surface area contributed by atoms with Crippen LogP contribution < -0.4 is 15.1 Å². The lowest BCUT2D eigenvalue weighted by Crippen LogP contribution is -2.44. The van der Waals surface area contributed by atoms with Crippen LogP contribution in [0.25, 0.3) is 0 Å². The van der Waals surface area contributed by atoms with Gasteiger partial charge in [-0.1, -0.05) is 12.5 Å². The number of hydrogen-bond donors (Lipinski definition) is 0. The second-order valence-corrected chi connectivity index (χ2v) is 8.41. The second-order valence-electron chi connectivity index (χ2n) is 8.41. The number of carbonyl (C=O) groups excluding carboxylic acids is 1. The van der Waals surface area contributed by atoms with E-state index in [0.717, 1.165) is 23.4 Å². The average Bonchev–Trinajstić information content (AvgIpc) is 2.72. The van der Waals surface area contributed by atoms with E-state index in [0.29, 0.717) is 5.92 Å². The molecule has 1 saturated carbocycles. The Bertz CT molecular complexity index is 683. The molecule has 0 N–H and O–H groups in total. The molecule has 0 radical (unpaired) electrons. The minimum atomic E-state index is -0.433. The molecule has 25 heavy (non-hydrogen) atoms. The van der Waals surface area contributed by atoms with Gasteiger partial charge in [-0.3, -0.25) is 4.79 Å². The summed E-state index contributed by atoms with van der Waals surface area (Å²) in [7, 11) is -0.433. The Balaban J connectivity index is 1.63. The van der Waals surface area contributed by atoms with E-state index in [1.807, 2.05) is 50.8 Å². The van der Waals surface area contributed by atoms with Gasteiger partial charge in [0.05, 0.1) is 16.9 Å². The maximum Gasteiger partial charge on any atom is 0.494 e. The van der Waals surface area contributed by atoms with Crippen molar-refractivity contribution < 1.29 is 18.8 Å². The molecule has 1 aromatic carbocycles. The van der Waals surface area contributed by atoms with Crippen LogP contribution in [0.4, 0.5) is 5.69 Å². The van der Waals surface area contributed by atoms with Crippen molar-refractivity contribution in [3.05, 3.63) is 18.2 Å². The highest BCUT2D eigenvalue weighted by Gasteiger charge is 2.52. The molecule has 5 nitrogen and oxygen atoms in total. The number of benzene rings is 1. The molecular formula is C19H26BNO4. The van der Waals surface area contributed by atoms with Gasteiger partial charge in [-0.15, -0.1) is 0 Å². The molecule has 0 atom stereocenters. The number of anilines is 1. The molecule has 0 unspecified atom stereocenters. The van der Waals surface area contributed by atoms with Crippen molar-refractivity contribution in [2.45, 2.75) is 58.2 Å². The summed E-state index contributed by atoms with van der Waals surface area (Å²) in [5, 5.41) is 0. The minimum absolute atomic E-state index is 0.0328. The Morgan fingerprint density at radius 3 is 2.44 bits per heavy atom. The zero-order chi connectivity index (χ0) is 17.8. The van der Waals surface area contributed by atoms with Crippen LogP contribution in [0.1, 0.15) is 47.0 Å². The van der Waals surface area contributed by atoms with Gasteiger partial charge in [0.15, 0.2) is 6.61 Å². The first-order valence-corrected chi connectivity index (χ1v) is 9.20. The van der Waals surface area contributed by atoms with Gasteiger partial charge < -0.3 is 18.9 Å². The van der Waals surface area contributed by atoms with Crippen LogP contribution in [0.2, 0.25) is 0 Å². The van der Waals surface area contributed by atoms with Crippen molar-refractivity contribution >= 4 is 24.2 Å². The van der Waals surface area contributed by atoms with Gasteiger partial charge >= 0.3 is 7.12 Å². The zero-order valence-corrected chi connectivity index (χ0v) is 15.5. The molecular weight excluding hydrogens is 317 g/mol. The largest absolute Gasteiger partial charge is 0.494 e. The number of nitrogens with zero attached hydrogens (tertiary/aromatic N) is 1. The molecule has 6 heteroatoms. The Kier molecular flexibility index (Phi) is 3.89. The molecule has 1 aromatic rings. The minimum Gasteiger partial charge on any atom is -0.482 e. The summed E-state index contributed by atoms with van der Waals surface area (Å²) in [6.07, 6.45) is 3.68. The number of hydrogen-bond acceptors (Lipinski definition) is 4. The lowest BCUT2D eigenvalue weighted by Gasteiger charge is -2.35. The summed E-state index contributed by atoms with van der Waals surface area (Å²) in [5.74, 6) is 1.40. The summed E-state index contributed by atoms with van der Waals surface area (Å²) in [6, 6.07) is 5.89. The molecule has 3 aliphatic rings. The lowest BCUT2D eigenvalue weighted by molar-refractivity contribution is -0.121. The standard InChI is InChI=1S/C19H26BNO4/c1-18(2)19(3,4)25-20(24-18)14-8-9-16-15(10-14)21(17(22)12-23-16)11-13-6-5-7-13/h8-10,13H,5-7,11-12H2,1-4H3. The number of fused-ring (bicyclic) bond motifs is 1. The maximum absolute atomic E-state index is 12.4. The van der Waals surface area contributed by atoms with Crippen LogP contribution >= 0.6 is 0 Å². The number of ether oxygens (including phenoxy) is 1. The molecule has 2 fully saturated rings. The molecule has 134 valence electrons. The molecule has 0 bridgehead atoms. The van der Waals surface area contributed by atoms with Crippen molar-refractivity contribution in [1.82, 2.24) is 0 Å². The van der Waals surface area contributed by atoms with Crippen molar-refractivity contribution in [2.24, 2.45) is 5.92 Å². The van der Waals surface area contributed by atoms with Crippen LogP contribution in [0, 0.1) is 5.92 Å². The molecule has 4 rings (SSSR count). The summed E-state index contributed by atoms with van der Waals surface area (Å²) in [5.41, 5.74) is 1.00. The van der Waals surface area contributed by atoms with Crippen LogP contribution in [-0.2, 0) is 14.1 Å². The Morgan fingerprint density at radius 1 is 1.16 bits per heavy atom. The fourth-order valence-corrected chi connectivity index (χ4v) is 3.48. The van der Waals surface area contributed by atoms with E-state index in [1.54, 1.807) is 0 Å². The molecule has 1 saturated heterocycles. The Morgan fingerprint density at radius 2 is 1.84 bits per heavy atom. The van der Waals surface area contributed by atoms with Crippen LogP contribution in [0.5, 0.6) is 5.75 Å². The van der Waals surface area contributed by atoms with Crippen molar-refractivity contribution in [1.29, 1.82) is 0 Å². The van der Waals surface area contributed by atoms with E-state index in [9.17, 15) is 4.79 Å². The molecule has 2 heterocycles. The number of carbonyl (C=O) groups is 1. The first-order valence-electron chi connectivity index (χ1n) is 9.20. The third-order valence-electron chi connectivity index (χ3n) is 6.12.